The van der Waals surface area contributed by atoms with Crippen LogP contribution in [0.2, 0.25) is 0 Å². The molecule has 0 aliphatic rings. The fourth-order valence-electron chi connectivity index (χ4n) is 2.57. The van der Waals surface area contributed by atoms with Crippen molar-refractivity contribution in [2.24, 2.45) is 7.05 Å². The van der Waals surface area contributed by atoms with Crippen LogP contribution in [0.5, 0.6) is 5.75 Å². The van der Waals surface area contributed by atoms with Crippen molar-refractivity contribution in [1.29, 1.82) is 0 Å². The molecule has 0 N–H and O–H groups in total. The van der Waals surface area contributed by atoms with Crippen molar-refractivity contribution in [3.8, 4) is 17.0 Å². The predicted octanol–water partition coefficient (Wildman–Crippen LogP) is 2.80. The Balaban J connectivity index is 2.04. The number of aromatic nitrogens is 2. The number of carbonyl (C=O) groups excluding carboxylic acids is 1. The number of aryl methyl sites for hydroxylation is 2. The molecule has 5 nitrogen and oxygen atoms in total. The third-order valence-electron chi connectivity index (χ3n) is 3.87. The molecule has 23 heavy (non-hydrogen) atoms. The van der Waals surface area contributed by atoms with Crippen LogP contribution in [0.1, 0.15) is 5.69 Å². The molecule has 0 saturated carbocycles. The van der Waals surface area contributed by atoms with Gasteiger partial charge in [0, 0.05) is 25.7 Å². The third kappa shape index (κ3) is 2.77. The van der Waals surface area contributed by atoms with Gasteiger partial charge in [0.15, 0.2) is 5.69 Å². The third-order valence-corrected chi connectivity index (χ3v) is 3.87. The number of imidazole rings is 1. The fourth-order valence-corrected chi connectivity index (χ4v) is 2.57. The number of pyridine rings is 1. The first-order valence-corrected chi connectivity index (χ1v) is 7.43. The highest BCUT2D eigenvalue weighted by Gasteiger charge is 2.18. The number of hydrogen-bond acceptors (Lipinski definition) is 2. The van der Waals surface area contributed by atoms with Gasteiger partial charge in [0.05, 0.1) is 7.05 Å². The van der Waals surface area contributed by atoms with Crippen molar-refractivity contribution in [3.63, 3.8) is 0 Å². The van der Waals surface area contributed by atoms with E-state index in [1.807, 2.05) is 31.3 Å². The summed E-state index contributed by atoms with van der Waals surface area (Å²) in [5.74, 6) is 0.535. The number of amides is 1. The molecule has 0 fully saturated rings. The highest BCUT2D eigenvalue weighted by Crippen LogP contribution is 2.23. The average Bonchev–Trinajstić information content (AvgIpc) is 2.86. The Bertz CT molecular complexity index is 881. The molecule has 5 heteroatoms. The second-order valence-electron chi connectivity index (χ2n) is 5.76. The predicted molar refractivity (Wildman–Crippen MR) is 88.5 cm³/mol. The van der Waals surface area contributed by atoms with Crippen LogP contribution in [0.15, 0.2) is 48.7 Å². The van der Waals surface area contributed by atoms with E-state index in [4.69, 9.17) is 4.74 Å². The molecule has 0 aliphatic carbocycles. The minimum absolute atomic E-state index is 0.385. The molecule has 3 rings (SSSR count). The minimum atomic E-state index is -0.385. The lowest BCUT2D eigenvalue weighted by Gasteiger charge is -2.10. The normalized spacial score (nSPS) is 10.8. The average molecular weight is 310 g/mol. The first-order valence-electron chi connectivity index (χ1n) is 7.43. The zero-order valence-corrected chi connectivity index (χ0v) is 13.8. The summed E-state index contributed by atoms with van der Waals surface area (Å²) in [7, 11) is 5.35. The molecular formula is C18H20N3O2+. The van der Waals surface area contributed by atoms with Gasteiger partial charge >= 0.3 is 6.09 Å². The van der Waals surface area contributed by atoms with Gasteiger partial charge in [-0.2, -0.15) is 4.40 Å². The van der Waals surface area contributed by atoms with E-state index in [0.717, 1.165) is 16.9 Å². The molecule has 0 saturated heterocycles. The lowest BCUT2D eigenvalue weighted by Crippen LogP contribution is -2.29. The number of nitrogens with zero attached hydrogens (tertiary/aromatic N) is 3. The van der Waals surface area contributed by atoms with E-state index in [1.54, 1.807) is 20.2 Å². The molecule has 0 bridgehead atoms. The highest BCUT2D eigenvalue weighted by molar-refractivity contribution is 5.71. The van der Waals surface area contributed by atoms with Crippen LogP contribution in [0.25, 0.3) is 16.9 Å². The van der Waals surface area contributed by atoms with Crippen LogP contribution < -0.4 is 9.30 Å². The Morgan fingerprint density at radius 2 is 1.91 bits per heavy atom. The van der Waals surface area contributed by atoms with Gasteiger partial charge in [-0.15, -0.1) is 0 Å². The van der Waals surface area contributed by atoms with Gasteiger partial charge in [-0.3, -0.25) is 0 Å². The van der Waals surface area contributed by atoms with Gasteiger partial charge in [-0.25, -0.2) is 9.36 Å². The van der Waals surface area contributed by atoms with Gasteiger partial charge in [0.25, 0.3) is 5.65 Å². The highest BCUT2D eigenvalue weighted by atomic mass is 16.6. The van der Waals surface area contributed by atoms with Gasteiger partial charge in [-0.05, 0) is 25.1 Å². The summed E-state index contributed by atoms with van der Waals surface area (Å²) in [5, 5.41) is 0. The number of fused-ring (bicyclic) bond motifs is 1. The first-order chi connectivity index (χ1) is 11.0. The molecule has 3 aromatic rings. The number of carbonyl (C=O) groups is 1. The Kier molecular flexibility index (Phi) is 3.78. The minimum Gasteiger partial charge on any atom is -0.410 e. The molecule has 0 radical (unpaired) electrons. The van der Waals surface area contributed by atoms with E-state index in [-0.39, 0.29) is 6.09 Å². The quantitative estimate of drug-likeness (QED) is 0.683. The van der Waals surface area contributed by atoms with E-state index in [9.17, 15) is 4.79 Å². The number of benzene rings is 1. The maximum Gasteiger partial charge on any atom is 0.414 e. The molecule has 2 heterocycles. The molecular weight excluding hydrogens is 290 g/mol. The second-order valence-corrected chi connectivity index (χ2v) is 5.76. The SMILES string of the molecule is Cc1cccc2n1cc(-c1cccc(OC(=O)N(C)C)c1)[n+]2C. The van der Waals surface area contributed by atoms with Crippen molar-refractivity contribution in [2.75, 3.05) is 14.1 Å². The van der Waals surface area contributed by atoms with E-state index in [1.165, 1.54) is 10.6 Å². The van der Waals surface area contributed by atoms with Crippen molar-refractivity contribution < 1.29 is 14.1 Å². The first kappa shape index (κ1) is 15.1. The zero-order valence-electron chi connectivity index (χ0n) is 13.8. The number of hydrogen-bond donors (Lipinski definition) is 0. The Labute approximate surface area is 135 Å². The van der Waals surface area contributed by atoms with Gasteiger partial charge < -0.3 is 9.64 Å². The standard InChI is InChI=1S/C18H20N3O2/c1-13-7-5-10-17-20(4)16(12-21(13)17)14-8-6-9-15(11-14)23-18(22)19(2)3/h5-12H,1-4H3/q+1. The lowest BCUT2D eigenvalue weighted by atomic mass is 10.1. The maximum atomic E-state index is 11.7. The summed E-state index contributed by atoms with van der Waals surface area (Å²) in [6.45, 7) is 2.08. The molecule has 118 valence electrons. The monoisotopic (exact) mass is 310 g/mol. The van der Waals surface area contributed by atoms with E-state index < -0.39 is 0 Å². The number of ether oxygens (including phenoxy) is 1. The van der Waals surface area contributed by atoms with Gasteiger partial charge in [0.2, 0.25) is 0 Å². The molecule has 1 aromatic carbocycles. The van der Waals surface area contributed by atoms with Crippen molar-refractivity contribution in [1.82, 2.24) is 9.30 Å². The molecule has 0 atom stereocenters. The molecule has 0 aliphatic heterocycles. The Morgan fingerprint density at radius 3 is 2.61 bits per heavy atom. The molecule has 1 amide bonds. The van der Waals surface area contributed by atoms with Crippen LogP contribution in [0.3, 0.4) is 0 Å². The summed E-state index contributed by atoms with van der Waals surface area (Å²) in [6, 6.07) is 13.8. The van der Waals surface area contributed by atoms with E-state index in [2.05, 4.69) is 34.2 Å². The largest absolute Gasteiger partial charge is 0.414 e. The van der Waals surface area contributed by atoms with Crippen LogP contribution in [-0.2, 0) is 7.05 Å². The molecule has 0 unspecified atom stereocenters. The Morgan fingerprint density at radius 1 is 1.17 bits per heavy atom. The second kappa shape index (κ2) is 5.76. The fraction of sp³-hybridized carbons (Fsp3) is 0.222. The number of rotatable bonds is 2. The van der Waals surface area contributed by atoms with Crippen molar-refractivity contribution >= 4 is 11.7 Å². The van der Waals surface area contributed by atoms with Gasteiger partial charge in [0.1, 0.15) is 17.6 Å². The van der Waals surface area contributed by atoms with E-state index >= 15 is 0 Å². The summed E-state index contributed by atoms with van der Waals surface area (Å²) >= 11 is 0. The maximum absolute atomic E-state index is 11.7. The van der Waals surface area contributed by atoms with Crippen LogP contribution in [0.4, 0.5) is 4.79 Å². The summed E-state index contributed by atoms with van der Waals surface area (Å²) < 4.78 is 9.62. The Hall–Kier alpha value is -2.82. The van der Waals surface area contributed by atoms with Crippen molar-refractivity contribution in [2.45, 2.75) is 6.92 Å². The summed E-state index contributed by atoms with van der Waals surface area (Å²) in [6.07, 6.45) is 1.71. The van der Waals surface area contributed by atoms with Crippen LogP contribution >= 0.6 is 0 Å². The van der Waals surface area contributed by atoms with Crippen LogP contribution in [-0.4, -0.2) is 29.5 Å². The van der Waals surface area contributed by atoms with E-state index in [0.29, 0.717) is 5.75 Å². The van der Waals surface area contributed by atoms with Crippen LogP contribution in [0, 0.1) is 6.92 Å². The zero-order chi connectivity index (χ0) is 16.6. The van der Waals surface area contributed by atoms with Gasteiger partial charge in [-0.1, -0.05) is 18.2 Å². The molecule has 0 spiro atoms. The summed E-state index contributed by atoms with van der Waals surface area (Å²) in [5.41, 5.74) is 4.33. The lowest BCUT2D eigenvalue weighted by molar-refractivity contribution is -0.633. The van der Waals surface area contributed by atoms with Crippen molar-refractivity contribution in [3.05, 3.63) is 54.4 Å². The molecule has 2 aromatic heterocycles. The topological polar surface area (TPSA) is 37.8 Å². The smallest absolute Gasteiger partial charge is 0.410 e. The summed E-state index contributed by atoms with van der Waals surface area (Å²) in [4.78, 5) is 13.1.